The van der Waals surface area contributed by atoms with Crippen LogP contribution >= 0.6 is 11.3 Å². The van der Waals surface area contributed by atoms with Crippen LogP contribution in [0.15, 0.2) is 64.9 Å². The molecule has 7 nitrogen and oxygen atoms in total. The summed E-state index contributed by atoms with van der Waals surface area (Å²) in [4.78, 5) is 23.8. The highest BCUT2D eigenvalue weighted by atomic mass is 32.2. The van der Waals surface area contributed by atoms with E-state index in [4.69, 9.17) is 5.11 Å². The number of carbonyl (C=O) groups is 2. The minimum atomic E-state index is -3.97. The van der Waals surface area contributed by atoms with Crippen LogP contribution in [0.2, 0.25) is 0 Å². The summed E-state index contributed by atoms with van der Waals surface area (Å²) >= 11 is 1.00. The van der Waals surface area contributed by atoms with Crippen molar-refractivity contribution in [3.8, 4) is 0 Å². The van der Waals surface area contributed by atoms with Crippen molar-refractivity contribution in [1.82, 2.24) is 0 Å². The monoisotopic (exact) mass is 458 g/mol. The molecule has 9 heteroatoms. The summed E-state index contributed by atoms with van der Waals surface area (Å²) in [5.41, 5.74) is 1.90. The molecule has 162 valence electrons. The van der Waals surface area contributed by atoms with E-state index in [0.29, 0.717) is 5.69 Å². The SMILES string of the molecule is CCCc1ccc(N(C)S(=O)(=O)c2ccsc2C(=O)Nc2cccc(C(=O)O)c2)cc1. The number of benzene rings is 2. The van der Waals surface area contributed by atoms with Crippen LogP contribution in [-0.2, 0) is 16.4 Å². The zero-order valence-electron chi connectivity index (χ0n) is 17.0. The van der Waals surface area contributed by atoms with Gasteiger partial charge in [0.2, 0.25) is 0 Å². The van der Waals surface area contributed by atoms with Gasteiger partial charge in [-0.1, -0.05) is 31.5 Å². The minimum absolute atomic E-state index is 0.0167. The summed E-state index contributed by atoms with van der Waals surface area (Å²) in [5, 5.41) is 13.2. The summed E-state index contributed by atoms with van der Waals surface area (Å²) in [6.07, 6.45) is 1.91. The van der Waals surface area contributed by atoms with E-state index in [1.165, 1.54) is 42.8 Å². The molecule has 0 atom stereocenters. The number of thiophene rings is 1. The maximum Gasteiger partial charge on any atom is 0.335 e. The van der Waals surface area contributed by atoms with Gasteiger partial charge in [0.25, 0.3) is 15.9 Å². The normalized spacial score (nSPS) is 11.2. The molecule has 3 aromatic rings. The fraction of sp³-hybridized carbons (Fsp3) is 0.182. The lowest BCUT2D eigenvalue weighted by molar-refractivity contribution is 0.0696. The molecule has 0 bridgehead atoms. The van der Waals surface area contributed by atoms with Crippen molar-refractivity contribution < 1.29 is 23.1 Å². The zero-order chi connectivity index (χ0) is 22.6. The Labute approximate surface area is 185 Å². The molecule has 0 aliphatic rings. The summed E-state index contributed by atoms with van der Waals surface area (Å²) in [6, 6.07) is 14.4. The van der Waals surface area contributed by atoms with Gasteiger partial charge in [-0.15, -0.1) is 11.3 Å². The van der Waals surface area contributed by atoms with Gasteiger partial charge >= 0.3 is 5.97 Å². The molecule has 0 fully saturated rings. The van der Waals surface area contributed by atoms with E-state index in [2.05, 4.69) is 12.2 Å². The van der Waals surface area contributed by atoms with Crippen LogP contribution in [-0.4, -0.2) is 32.4 Å². The number of aryl methyl sites for hydroxylation is 1. The lowest BCUT2D eigenvalue weighted by Gasteiger charge is -2.20. The molecular weight excluding hydrogens is 436 g/mol. The van der Waals surface area contributed by atoms with Gasteiger partial charge in [-0.3, -0.25) is 9.10 Å². The van der Waals surface area contributed by atoms with Gasteiger partial charge in [-0.2, -0.15) is 0 Å². The van der Waals surface area contributed by atoms with Crippen LogP contribution in [0.1, 0.15) is 38.9 Å². The average molecular weight is 459 g/mol. The quantitative estimate of drug-likeness (QED) is 0.518. The smallest absolute Gasteiger partial charge is 0.335 e. The van der Waals surface area contributed by atoms with Crippen molar-refractivity contribution >= 4 is 44.6 Å². The second-order valence-electron chi connectivity index (χ2n) is 6.84. The van der Waals surface area contributed by atoms with Crippen molar-refractivity contribution in [3.63, 3.8) is 0 Å². The molecule has 1 heterocycles. The largest absolute Gasteiger partial charge is 0.478 e. The number of hydrogen-bond acceptors (Lipinski definition) is 5. The molecule has 0 radical (unpaired) electrons. The first kappa shape index (κ1) is 22.5. The summed E-state index contributed by atoms with van der Waals surface area (Å²) in [7, 11) is -2.53. The number of aromatic carboxylic acids is 1. The topological polar surface area (TPSA) is 104 Å². The van der Waals surface area contributed by atoms with E-state index in [1.807, 2.05) is 12.1 Å². The van der Waals surface area contributed by atoms with Crippen molar-refractivity contribution in [2.45, 2.75) is 24.7 Å². The van der Waals surface area contributed by atoms with E-state index in [9.17, 15) is 18.0 Å². The van der Waals surface area contributed by atoms with Crippen molar-refractivity contribution in [2.24, 2.45) is 0 Å². The molecule has 0 aliphatic heterocycles. The predicted molar refractivity (Wildman–Crippen MR) is 122 cm³/mol. The molecule has 31 heavy (non-hydrogen) atoms. The summed E-state index contributed by atoms with van der Waals surface area (Å²) in [5.74, 6) is -1.75. The van der Waals surface area contributed by atoms with Gasteiger partial charge in [0, 0.05) is 12.7 Å². The lowest BCUT2D eigenvalue weighted by atomic mass is 10.1. The number of hydrogen-bond donors (Lipinski definition) is 2. The number of amides is 1. The number of carboxylic acid groups (broad SMARTS) is 1. The fourth-order valence-electron chi connectivity index (χ4n) is 3.03. The van der Waals surface area contributed by atoms with Crippen LogP contribution in [0.5, 0.6) is 0 Å². The molecular formula is C22H22N2O5S2. The highest BCUT2D eigenvalue weighted by Crippen LogP contribution is 2.29. The van der Waals surface area contributed by atoms with Crippen LogP contribution in [0.3, 0.4) is 0 Å². The van der Waals surface area contributed by atoms with Gasteiger partial charge in [-0.05, 0) is 53.8 Å². The van der Waals surface area contributed by atoms with Gasteiger partial charge in [0.05, 0.1) is 11.3 Å². The second-order valence-corrected chi connectivity index (χ2v) is 9.70. The Morgan fingerprint density at radius 2 is 1.81 bits per heavy atom. The Morgan fingerprint density at radius 3 is 2.45 bits per heavy atom. The van der Waals surface area contributed by atoms with Gasteiger partial charge in [0.1, 0.15) is 9.77 Å². The second kappa shape index (κ2) is 9.32. The fourth-order valence-corrected chi connectivity index (χ4v) is 5.52. The standard InChI is InChI=1S/C22H22N2O5S2/c1-3-5-15-8-10-18(11-9-15)24(2)31(28,29)19-12-13-30-20(19)21(25)23-17-7-4-6-16(14-17)22(26)27/h4,6-14H,3,5H2,1-2H3,(H,23,25)(H,26,27). The molecule has 2 N–H and O–H groups in total. The first-order valence-corrected chi connectivity index (χ1v) is 11.9. The highest BCUT2D eigenvalue weighted by Gasteiger charge is 2.28. The van der Waals surface area contributed by atoms with E-state index in [-0.39, 0.29) is 21.0 Å². The molecule has 3 rings (SSSR count). The van der Waals surface area contributed by atoms with E-state index in [1.54, 1.807) is 12.1 Å². The Morgan fingerprint density at radius 1 is 1.10 bits per heavy atom. The number of carboxylic acids is 1. The molecule has 0 aliphatic carbocycles. The average Bonchev–Trinajstić information content (AvgIpc) is 3.25. The molecule has 1 amide bonds. The number of nitrogens with one attached hydrogen (secondary N) is 1. The van der Waals surface area contributed by atoms with Gasteiger partial charge < -0.3 is 10.4 Å². The Kier molecular flexibility index (Phi) is 6.77. The molecule has 0 unspecified atom stereocenters. The van der Waals surface area contributed by atoms with E-state index in [0.717, 1.165) is 34.0 Å². The Balaban J connectivity index is 1.86. The number of carbonyl (C=O) groups excluding carboxylic acids is 1. The first-order valence-electron chi connectivity index (χ1n) is 9.54. The van der Waals surface area contributed by atoms with Gasteiger partial charge in [-0.25, -0.2) is 13.2 Å². The molecule has 0 saturated heterocycles. The first-order chi connectivity index (χ1) is 14.7. The van der Waals surface area contributed by atoms with Gasteiger partial charge in [0.15, 0.2) is 0 Å². The Hall–Kier alpha value is -3.17. The number of rotatable bonds is 8. The maximum atomic E-state index is 13.2. The zero-order valence-corrected chi connectivity index (χ0v) is 18.7. The van der Waals surface area contributed by atoms with Crippen LogP contribution in [0, 0.1) is 0 Å². The number of sulfonamides is 1. The van der Waals surface area contributed by atoms with Crippen molar-refractivity contribution in [2.75, 3.05) is 16.7 Å². The number of anilines is 2. The molecule has 2 aromatic carbocycles. The Bertz CT molecular complexity index is 1200. The molecule has 1 aromatic heterocycles. The van der Waals surface area contributed by atoms with Crippen molar-refractivity contribution in [1.29, 1.82) is 0 Å². The van der Waals surface area contributed by atoms with Crippen LogP contribution < -0.4 is 9.62 Å². The molecule has 0 spiro atoms. The van der Waals surface area contributed by atoms with Crippen LogP contribution in [0.4, 0.5) is 11.4 Å². The third-order valence-corrected chi connectivity index (χ3v) is 7.55. The number of nitrogens with zero attached hydrogens (tertiary/aromatic N) is 1. The maximum absolute atomic E-state index is 13.2. The minimum Gasteiger partial charge on any atom is -0.478 e. The van der Waals surface area contributed by atoms with E-state index < -0.39 is 21.9 Å². The highest BCUT2D eigenvalue weighted by molar-refractivity contribution is 7.93. The van der Waals surface area contributed by atoms with Crippen molar-refractivity contribution in [3.05, 3.63) is 76.0 Å². The predicted octanol–water partition coefficient (Wildman–Crippen LogP) is 4.48. The molecule has 0 saturated carbocycles. The van der Waals surface area contributed by atoms with E-state index >= 15 is 0 Å². The lowest BCUT2D eigenvalue weighted by Crippen LogP contribution is -2.28. The summed E-state index contributed by atoms with van der Waals surface area (Å²) in [6.45, 7) is 2.07. The third kappa shape index (κ3) is 4.95. The van der Waals surface area contributed by atoms with Crippen LogP contribution in [0.25, 0.3) is 0 Å². The third-order valence-electron chi connectivity index (χ3n) is 4.68. The summed E-state index contributed by atoms with van der Waals surface area (Å²) < 4.78 is 27.5.